The Labute approximate surface area is 102 Å². The molecule has 1 rings (SSSR count). The maximum atomic E-state index is 11.7. The van der Waals surface area contributed by atoms with E-state index in [-0.39, 0.29) is 16.8 Å². The Morgan fingerprint density at radius 3 is 2.80 bits per heavy atom. The molecule has 1 aromatic rings. The lowest BCUT2D eigenvalue weighted by Gasteiger charge is -2.10. The van der Waals surface area contributed by atoms with Gasteiger partial charge in [0.2, 0.25) is 10.0 Å². The summed E-state index contributed by atoms with van der Waals surface area (Å²) in [5, 5.41) is 0. The highest BCUT2D eigenvalue weighted by Gasteiger charge is 2.17. The minimum atomic E-state index is -3.52. The largest absolute Gasteiger partial charge is 0.262 e. The summed E-state index contributed by atoms with van der Waals surface area (Å²) in [4.78, 5) is 3.90. The van der Waals surface area contributed by atoms with Crippen molar-refractivity contribution in [3.63, 3.8) is 0 Å². The van der Waals surface area contributed by atoms with Crippen LogP contribution in [0.5, 0.6) is 0 Å². The van der Waals surface area contributed by atoms with Crippen LogP contribution in [-0.4, -0.2) is 25.3 Å². The van der Waals surface area contributed by atoms with Gasteiger partial charge in [0.1, 0.15) is 4.90 Å². The third-order valence-electron chi connectivity index (χ3n) is 1.58. The van der Waals surface area contributed by atoms with Gasteiger partial charge in [-0.1, -0.05) is 0 Å². The van der Waals surface area contributed by atoms with E-state index in [1.165, 1.54) is 18.5 Å². The normalized spacial score (nSPS) is 13.8. The number of nitrogens with one attached hydrogen (secondary N) is 1. The molecular formula is C8H10BrClN2O2S. The van der Waals surface area contributed by atoms with Gasteiger partial charge in [-0.05, 0) is 28.9 Å². The summed E-state index contributed by atoms with van der Waals surface area (Å²) in [5.74, 6) is 0.223. The van der Waals surface area contributed by atoms with Gasteiger partial charge in [0.05, 0.1) is 0 Å². The first-order valence-corrected chi connectivity index (χ1v) is 6.95. The van der Waals surface area contributed by atoms with Crippen molar-refractivity contribution in [3.05, 3.63) is 22.9 Å². The standard InChI is InChI=1S/C8H10BrClN2O2S/c1-6(3-10)12-15(13,14)8-2-7(9)4-11-5-8/h2,4-6,12H,3H2,1H3. The Kier molecular flexibility index (Phi) is 4.51. The second kappa shape index (κ2) is 5.25. The first-order chi connectivity index (χ1) is 6.95. The van der Waals surface area contributed by atoms with Crippen LogP contribution in [0.2, 0.25) is 0 Å². The zero-order chi connectivity index (χ0) is 11.5. The molecule has 0 aliphatic rings. The summed E-state index contributed by atoms with van der Waals surface area (Å²) in [7, 11) is -3.52. The highest BCUT2D eigenvalue weighted by atomic mass is 79.9. The van der Waals surface area contributed by atoms with E-state index in [4.69, 9.17) is 11.6 Å². The molecule has 0 aliphatic heterocycles. The van der Waals surface area contributed by atoms with Crippen LogP contribution in [0.3, 0.4) is 0 Å². The number of aromatic nitrogens is 1. The summed E-state index contributed by atoms with van der Waals surface area (Å²) >= 11 is 8.68. The lowest BCUT2D eigenvalue weighted by molar-refractivity contribution is 0.570. The number of rotatable bonds is 4. The van der Waals surface area contributed by atoms with Crippen molar-refractivity contribution in [1.29, 1.82) is 0 Å². The van der Waals surface area contributed by atoms with E-state index >= 15 is 0 Å². The van der Waals surface area contributed by atoms with E-state index in [1.807, 2.05) is 0 Å². The molecule has 0 aromatic carbocycles. The van der Waals surface area contributed by atoms with Crippen LogP contribution in [0.15, 0.2) is 27.8 Å². The summed E-state index contributed by atoms with van der Waals surface area (Å²) in [6.07, 6.45) is 2.80. The maximum Gasteiger partial charge on any atom is 0.242 e. The molecule has 1 unspecified atom stereocenters. The molecule has 0 aliphatic carbocycles. The van der Waals surface area contributed by atoms with Crippen LogP contribution >= 0.6 is 27.5 Å². The number of sulfonamides is 1. The Morgan fingerprint density at radius 1 is 1.60 bits per heavy atom. The zero-order valence-corrected chi connectivity index (χ0v) is 11.1. The molecule has 0 saturated heterocycles. The Morgan fingerprint density at radius 2 is 2.27 bits per heavy atom. The molecule has 0 spiro atoms. The second-order valence-electron chi connectivity index (χ2n) is 3.02. The third kappa shape index (κ3) is 3.71. The smallest absolute Gasteiger partial charge is 0.242 e. The number of hydrogen-bond acceptors (Lipinski definition) is 3. The van der Waals surface area contributed by atoms with Crippen LogP contribution in [0, 0.1) is 0 Å². The molecule has 0 saturated carbocycles. The Hall–Kier alpha value is -0.170. The molecule has 0 radical (unpaired) electrons. The van der Waals surface area contributed by atoms with Crippen molar-refractivity contribution in [2.24, 2.45) is 0 Å². The predicted molar refractivity (Wildman–Crippen MR) is 62.4 cm³/mol. The van der Waals surface area contributed by atoms with Crippen LogP contribution in [-0.2, 0) is 10.0 Å². The average molecular weight is 314 g/mol. The van der Waals surface area contributed by atoms with Gasteiger partial charge in [0.25, 0.3) is 0 Å². The van der Waals surface area contributed by atoms with Crippen LogP contribution in [0.25, 0.3) is 0 Å². The summed E-state index contributed by atoms with van der Waals surface area (Å²) in [6, 6.07) is 1.17. The highest BCUT2D eigenvalue weighted by Crippen LogP contribution is 2.14. The molecule has 15 heavy (non-hydrogen) atoms. The Bertz CT molecular complexity index is 438. The number of halogens is 2. The Balaban J connectivity index is 2.96. The van der Waals surface area contributed by atoms with Gasteiger partial charge in [0, 0.05) is 28.8 Å². The van der Waals surface area contributed by atoms with Gasteiger partial charge < -0.3 is 0 Å². The molecule has 1 aromatic heterocycles. The lowest BCUT2D eigenvalue weighted by Crippen LogP contribution is -2.33. The first-order valence-electron chi connectivity index (χ1n) is 4.14. The van der Waals surface area contributed by atoms with Gasteiger partial charge in [-0.25, -0.2) is 13.1 Å². The topological polar surface area (TPSA) is 59.1 Å². The highest BCUT2D eigenvalue weighted by molar-refractivity contribution is 9.10. The van der Waals surface area contributed by atoms with Crippen molar-refractivity contribution in [2.75, 3.05) is 5.88 Å². The minimum absolute atomic E-state index is 0.119. The number of hydrogen-bond donors (Lipinski definition) is 1. The summed E-state index contributed by atoms with van der Waals surface area (Å²) in [6.45, 7) is 1.69. The minimum Gasteiger partial charge on any atom is -0.262 e. The number of pyridine rings is 1. The molecule has 0 fully saturated rings. The van der Waals surface area contributed by atoms with Crippen molar-refractivity contribution in [3.8, 4) is 0 Å². The van der Waals surface area contributed by atoms with E-state index in [0.717, 1.165) is 0 Å². The molecule has 1 N–H and O–H groups in total. The fraction of sp³-hybridized carbons (Fsp3) is 0.375. The van der Waals surface area contributed by atoms with Crippen molar-refractivity contribution in [2.45, 2.75) is 17.9 Å². The quantitative estimate of drug-likeness (QED) is 0.862. The first kappa shape index (κ1) is 12.9. The molecule has 1 atom stereocenters. The molecule has 0 bridgehead atoms. The summed E-state index contributed by atoms with van der Waals surface area (Å²) < 4.78 is 26.5. The molecule has 4 nitrogen and oxygen atoms in total. The van der Waals surface area contributed by atoms with Crippen LogP contribution in [0.1, 0.15) is 6.92 Å². The second-order valence-corrected chi connectivity index (χ2v) is 5.95. The van der Waals surface area contributed by atoms with Crippen molar-refractivity contribution < 1.29 is 8.42 Å². The molecule has 84 valence electrons. The van der Waals surface area contributed by atoms with E-state index in [0.29, 0.717) is 4.47 Å². The lowest BCUT2D eigenvalue weighted by atomic mass is 10.4. The number of nitrogens with zero attached hydrogens (tertiary/aromatic N) is 1. The zero-order valence-electron chi connectivity index (χ0n) is 7.94. The van der Waals surface area contributed by atoms with Gasteiger partial charge >= 0.3 is 0 Å². The van der Waals surface area contributed by atoms with E-state index in [9.17, 15) is 8.42 Å². The van der Waals surface area contributed by atoms with Gasteiger partial charge in [0.15, 0.2) is 0 Å². The molecule has 7 heteroatoms. The average Bonchev–Trinajstić information content (AvgIpc) is 2.17. The number of alkyl halides is 1. The maximum absolute atomic E-state index is 11.7. The van der Waals surface area contributed by atoms with Gasteiger partial charge in [-0.3, -0.25) is 4.98 Å². The monoisotopic (exact) mass is 312 g/mol. The van der Waals surface area contributed by atoms with Crippen LogP contribution < -0.4 is 4.72 Å². The predicted octanol–water partition coefficient (Wildman–Crippen LogP) is 1.75. The van der Waals surface area contributed by atoms with E-state index in [1.54, 1.807) is 6.92 Å². The van der Waals surface area contributed by atoms with Gasteiger partial charge in [-0.15, -0.1) is 11.6 Å². The van der Waals surface area contributed by atoms with E-state index in [2.05, 4.69) is 25.6 Å². The summed E-state index contributed by atoms with van der Waals surface area (Å²) in [5.41, 5.74) is 0. The molecular weight excluding hydrogens is 304 g/mol. The van der Waals surface area contributed by atoms with Crippen LogP contribution in [0.4, 0.5) is 0 Å². The van der Waals surface area contributed by atoms with Crippen molar-refractivity contribution >= 4 is 37.6 Å². The molecule has 1 heterocycles. The molecule has 0 amide bonds. The van der Waals surface area contributed by atoms with Crippen molar-refractivity contribution in [1.82, 2.24) is 9.71 Å². The third-order valence-corrected chi connectivity index (χ3v) is 4.03. The fourth-order valence-corrected chi connectivity index (χ4v) is 2.82. The van der Waals surface area contributed by atoms with E-state index < -0.39 is 10.0 Å². The van der Waals surface area contributed by atoms with Gasteiger partial charge in [-0.2, -0.15) is 0 Å². The SMILES string of the molecule is CC(CCl)NS(=O)(=O)c1cncc(Br)c1. The fourth-order valence-electron chi connectivity index (χ4n) is 0.904.